The van der Waals surface area contributed by atoms with Crippen molar-refractivity contribution in [2.24, 2.45) is 11.3 Å². The molecular weight excluding hydrogens is 304 g/mol. The minimum absolute atomic E-state index is 0.0863. The third-order valence-electron chi connectivity index (χ3n) is 5.33. The summed E-state index contributed by atoms with van der Waals surface area (Å²) in [5, 5.41) is 0. The topological polar surface area (TPSA) is 52.6 Å². The Morgan fingerprint density at radius 1 is 1.04 bits per heavy atom. The smallest absolute Gasteiger partial charge is 0.323 e. The van der Waals surface area contributed by atoms with E-state index in [0.717, 1.165) is 5.57 Å². The van der Waals surface area contributed by atoms with Crippen LogP contribution in [0.25, 0.3) is 0 Å². The molecule has 0 N–H and O–H groups in total. The van der Waals surface area contributed by atoms with Crippen LogP contribution in [0.3, 0.4) is 0 Å². The molecule has 1 aromatic rings. The van der Waals surface area contributed by atoms with E-state index in [2.05, 4.69) is 31.2 Å². The fourth-order valence-electron chi connectivity index (χ4n) is 4.04. The predicted molar refractivity (Wildman–Crippen MR) is 90.2 cm³/mol. The summed E-state index contributed by atoms with van der Waals surface area (Å²) in [4.78, 5) is 24.7. The molecule has 0 saturated heterocycles. The number of esters is 2. The normalized spacial score (nSPS) is 24.5. The standard InChI is InChI=1S/C20H22O4/c1-13-16(14-7-5-4-6-8-14)10-9-15-11-20(12-17(13)15,18(21)23-2)19(22)24-3/h4-10,15-16H,11-12H2,1-3H3/t15-,16-/m0/s1. The van der Waals surface area contributed by atoms with Crippen LogP contribution in [0.2, 0.25) is 0 Å². The summed E-state index contributed by atoms with van der Waals surface area (Å²) in [6.45, 7) is 2.09. The number of allylic oxidation sites excluding steroid dienone is 4. The van der Waals surface area contributed by atoms with E-state index >= 15 is 0 Å². The molecule has 24 heavy (non-hydrogen) atoms. The van der Waals surface area contributed by atoms with E-state index in [-0.39, 0.29) is 11.8 Å². The van der Waals surface area contributed by atoms with E-state index < -0.39 is 17.4 Å². The fourth-order valence-corrected chi connectivity index (χ4v) is 4.04. The van der Waals surface area contributed by atoms with Crippen LogP contribution < -0.4 is 0 Å². The molecule has 1 aromatic carbocycles. The monoisotopic (exact) mass is 326 g/mol. The summed E-state index contributed by atoms with van der Waals surface area (Å²) in [6, 6.07) is 10.2. The Hall–Kier alpha value is -2.36. The Labute approximate surface area is 142 Å². The zero-order valence-corrected chi connectivity index (χ0v) is 14.2. The van der Waals surface area contributed by atoms with Crippen molar-refractivity contribution in [3.8, 4) is 0 Å². The van der Waals surface area contributed by atoms with Crippen molar-refractivity contribution in [3.05, 3.63) is 59.2 Å². The van der Waals surface area contributed by atoms with E-state index in [1.165, 1.54) is 25.4 Å². The van der Waals surface area contributed by atoms with Crippen molar-refractivity contribution in [2.75, 3.05) is 14.2 Å². The van der Waals surface area contributed by atoms with Crippen LogP contribution in [-0.2, 0) is 19.1 Å². The Kier molecular flexibility index (Phi) is 4.31. The molecule has 0 aromatic heterocycles. The first-order valence-electron chi connectivity index (χ1n) is 8.13. The second kappa shape index (κ2) is 6.27. The highest BCUT2D eigenvalue weighted by Crippen LogP contribution is 2.52. The first kappa shape index (κ1) is 16.5. The molecule has 0 spiro atoms. The first-order chi connectivity index (χ1) is 11.5. The van der Waals surface area contributed by atoms with Gasteiger partial charge in [0, 0.05) is 5.92 Å². The number of methoxy groups -OCH3 is 2. The highest BCUT2D eigenvalue weighted by atomic mass is 16.5. The predicted octanol–water partition coefficient (Wildman–Crippen LogP) is 3.40. The average molecular weight is 326 g/mol. The van der Waals surface area contributed by atoms with Crippen LogP contribution in [0, 0.1) is 11.3 Å². The molecule has 2 aliphatic rings. The lowest BCUT2D eigenvalue weighted by Crippen LogP contribution is -2.39. The molecule has 1 fully saturated rings. The van der Waals surface area contributed by atoms with Gasteiger partial charge in [-0.3, -0.25) is 9.59 Å². The zero-order valence-electron chi connectivity index (χ0n) is 14.2. The fraction of sp³-hybridized carbons (Fsp3) is 0.400. The molecule has 3 rings (SSSR count). The van der Waals surface area contributed by atoms with Crippen molar-refractivity contribution in [1.29, 1.82) is 0 Å². The molecule has 0 amide bonds. The molecule has 2 aliphatic carbocycles. The quantitative estimate of drug-likeness (QED) is 0.485. The minimum Gasteiger partial charge on any atom is -0.468 e. The van der Waals surface area contributed by atoms with Crippen molar-refractivity contribution in [3.63, 3.8) is 0 Å². The Balaban J connectivity index is 2.00. The number of carbonyl (C=O) groups excluding carboxylic acids is 2. The van der Waals surface area contributed by atoms with E-state index in [1.54, 1.807) is 0 Å². The third kappa shape index (κ3) is 2.46. The number of rotatable bonds is 3. The lowest BCUT2D eigenvalue weighted by atomic mass is 9.81. The highest BCUT2D eigenvalue weighted by molar-refractivity contribution is 6.01. The van der Waals surface area contributed by atoms with Crippen molar-refractivity contribution >= 4 is 11.9 Å². The van der Waals surface area contributed by atoms with Crippen LogP contribution >= 0.6 is 0 Å². The van der Waals surface area contributed by atoms with Gasteiger partial charge >= 0.3 is 11.9 Å². The molecule has 0 radical (unpaired) electrons. The van der Waals surface area contributed by atoms with E-state index in [9.17, 15) is 9.59 Å². The first-order valence-corrected chi connectivity index (χ1v) is 8.13. The zero-order chi connectivity index (χ0) is 17.3. The summed E-state index contributed by atoms with van der Waals surface area (Å²) in [6.07, 6.45) is 5.07. The molecular formula is C20H22O4. The van der Waals surface area contributed by atoms with Gasteiger partial charge < -0.3 is 9.47 Å². The Morgan fingerprint density at radius 2 is 1.67 bits per heavy atom. The van der Waals surface area contributed by atoms with Crippen LogP contribution in [0.1, 0.15) is 31.2 Å². The molecule has 126 valence electrons. The minimum atomic E-state index is -1.22. The van der Waals surface area contributed by atoms with Gasteiger partial charge in [-0.2, -0.15) is 0 Å². The van der Waals surface area contributed by atoms with Crippen LogP contribution in [0.5, 0.6) is 0 Å². The molecule has 0 unspecified atom stereocenters. The van der Waals surface area contributed by atoms with Crippen molar-refractivity contribution < 1.29 is 19.1 Å². The summed E-state index contributed by atoms with van der Waals surface area (Å²) >= 11 is 0. The van der Waals surface area contributed by atoms with Crippen LogP contribution in [-0.4, -0.2) is 26.2 Å². The van der Waals surface area contributed by atoms with Crippen LogP contribution in [0.15, 0.2) is 53.6 Å². The maximum atomic E-state index is 12.4. The summed E-state index contributed by atoms with van der Waals surface area (Å²) < 4.78 is 9.85. The van der Waals surface area contributed by atoms with E-state index in [4.69, 9.17) is 9.47 Å². The van der Waals surface area contributed by atoms with Gasteiger partial charge in [-0.15, -0.1) is 0 Å². The van der Waals surface area contributed by atoms with Crippen molar-refractivity contribution in [2.45, 2.75) is 25.7 Å². The van der Waals surface area contributed by atoms with Gasteiger partial charge in [-0.1, -0.05) is 53.6 Å². The molecule has 0 bridgehead atoms. The van der Waals surface area contributed by atoms with Gasteiger partial charge in [-0.25, -0.2) is 0 Å². The Morgan fingerprint density at radius 3 is 2.25 bits per heavy atom. The SMILES string of the molecule is COC(=O)C1(C(=O)OC)CC2=C(C)[C@@H](c3ccccc3)C=C[C@H]2C1. The number of hydrogen-bond donors (Lipinski definition) is 0. The third-order valence-corrected chi connectivity index (χ3v) is 5.33. The van der Waals surface area contributed by atoms with Gasteiger partial charge in [0.1, 0.15) is 0 Å². The maximum absolute atomic E-state index is 12.4. The summed E-state index contributed by atoms with van der Waals surface area (Å²) in [5.74, 6) is -0.742. The molecule has 4 heteroatoms. The van der Waals surface area contributed by atoms with E-state index in [1.807, 2.05) is 18.2 Å². The number of ether oxygens (including phenoxy) is 2. The highest BCUT2D eigenvalue weighted by Gasteiger charge is 2.55. The summed E-state index contributed by atoms with van der Waals surface area (Å²) in [7, 11) is 2.64. The van der Waals surface area contributed by atoms with Crippen molar-refractivity contribution in [1.82, 2.24) is 0 Å². The van der Waals surface area contributed by atoms with Gasteiger partial charge in [0.05, 0.1) is 14.2 Å². The second-order valence-electron chi connectivity index (χ2n) is 6.53. The molecule has 2 atom stereocenters. The van der Waals surface area contributed by atoms with Crippen LogP contribution in [0.4, 0.5) is 0 Å². The molecule has 0 heterocycles. The summed E-state index contributed by atoms with van der Waals surface area (Å²) in [5.41, 5.74) is 2.36. The van der Waals surface area contributed by atoms with Gasteiger partial charge in [0.2, 0.25) is 0 Å². The molecule has 4 nitrogen and oxygen atoms in total. The maximum Gasteiger partial charge on any atom is 0.323 e. The molecule has 0 aliphatic heterocycles. The Bertz CT molecular complexity index is 698. The number of benzene rings is 1. The lowest BCUT2D eigenvalue weighted by Gasteiger charge is -2.24. The van der Waals surface area contributed by atoms with Gasteiger partial charge in [-0.05, 0) is 31.2 Å². The number of hydrogen-bond acceptors (Lipinski definition) is 4. The number of carbonyl (C=O) groups is 2. The van der Waals surface area contributed by atoms with E-state index in [0.29, 0.717) is 12.8 Å². The van der Waals surface area contributed by atoms with Gasteiger partial charge in [0.25, 0.3) is 0 Å². The largest absolute Gasteiger partial charge is 0.468 e. The molecule has 1 saturated carbocycles. The lowest BCUT2D eigenvalue weighted by molar-refractivity contribution is -0.168. The average Bonchev–Trinajstić information content (AvgIpc) is 3.03. The van der Waals surface area contributed by atoms with Gasteiger partial charge in [0.15, 0.2) is 5.41 Å². The number of fused-ring (bicyclic) bond motifs is 1. The second-order valence-corrected chi connectivity index (χ2v) is 6.53.